The third-order valence-corrected chi connectivity index (χ3v) is 19.3. The topological polar surface area (TPSA) is 13.0 Å². The van der Waals surface area contributed by atoms with Gasteiger partial charge < -0.3 is 19.6 Å². The molecule has 4 aliphatic rings. The molecule has 0 bridgehead atoms. The molecule has 0 amide bonds. The van der Waals surface area contributed by atoms with Crippen LogP contribution in [-0.4, -0.2) is 12.3 Å². The van der Waals surface area contributed by atoms with Gasteiger partial charge in [0.1, 0.15) is 0 Å². The smallest absolute Gasteiger partial charge is 0.264 e. The van der Waals surface area contributed by atoms with Crippen LogP contribution in [0, 0.1) is 0 Å². The number of nitrogens with zero attached hydrogens (tertiary/aromatic N) is 4. The molecule has 1 fully saturated rings. The summed E-state index contributed by atoms with van der Waals surface area (Å²) in [6.07, 6.45) is 4.75. The van der Waals surface area contributed by atoms with E-state index in [9.17, 15) is 0 Å². The summed E-state index contributed by atoms with van der Waals surface area (Å²) in [6.45, 7) is 26.1. The van der Waals surface area contributed by atoms with Crippen molar-refractivity contribution in [2.24, 2.45) is 0 Å². The molecule has 0 saturated heterocycles. The number of thiophene rings is 1. The first-order valence-electron chi connectivity index (χ1n) is 27.8. The molecule has 76 heavy (non-hydrogen) atoms. The van der Waals surface area contributed by atoms with E-state index in [1.54, 1.807) is 0 Å². The zero-order valence-electron chi connectivity index (χ0n) is 46.4. The first-order chi connectivity index (χ1) is 36.3. The third-order valence-electron chi connectivity index (χ3n) is 18.0. The molecular formula is C70H71BN4S. The minimum atomic E-state index is -0.143. The molecule has 1 aromatic heterocycles. The van der Waals surface area contributed by atoms with Crippen LogP contribution in [0.5, 0.6) is 0 Å². The molecular weight excluding hydrogens is 940 g/mol. The molecule has 0 radical (unpaired) electrons. The van der Waals surface area contributed by atoms with E-state index in [0.29, 0.717) is 0 Å². The molecule has 13 rings (SSSR count). The third kappa shape index (κ3) is 7.44. The fraction of sp³-hybridized carbons (Fsp3) is 0.286. The Morgan fingerprint density at radius 2 is 1.01 bits per heavy atom. The second kappa shape index (κ2) is 17.2. The molecule has 9 aromatic rings. The zero-order chi connectivity index (χ0) is 52.7. The van der Waals surface area contributed by atoms with Gasteiger partial charge in [0.2, 0.25) is 0 Å². The summed E-state index contributed by atoms with van der Waals surface area (Å²) in [5.74, 6) is 0. The number of para-hydroxylation sites is 3. The van der Waals surface area contributed by atoms with Crippen molar-refractivity contribution in [1.82, 2.24) is 0 Å². The van der Waals surface area contributed by atoms with Gasteiger partial charge in [-0.1, -0.05) is 173 Å². The van der Waals surface area contributed by atoms with Crippen molar-refractivity contribution < 1.29 is 0 Å². The summed E-state index contributed by atoms with van der Waals surface area (Å²) < 4.78 is 2.71. The van der Waals surface area contributed by atoms with Crippen molar-refractivity contribution in [3.63, 3.8) is 0 Å². The Bertz CT molecular complexity index is 3670. The normalized spacial score (nSPS) is 18.8. The maximum Gasteiger partial charge on any atom is 0.264 e. The van der Waals surface area contributed by atoms with Gasteiger partial charge in [0.05, 0.1) is 11.2 Å². The van der Waals surface area contributed by atoms with E-state index in [1.165, 1.54) is 107 Å². The number of hydrogen-bond acceptors (Lipinski definition) is 5. The zero-order valence-corrected chi connectivity index (χ0v) is 47.2. The van der Waals surface area contributed by atoms with E-state index in [0.717, 1.165) is 29.2 Å². The molecule has 380 valence electrons. The molecule has 0 N–H and O–H groups in total. The second-order valence-electron chi connectivity index (χ2n) is 25.8. The highest BCUT2D eigenvalue weighted by atomic mass is 32.1. The van der Waals surface area contributed by atoms with Crippen LogP contribution in [-0.2, 0) is 21.7 Å². The Morgan fingerprint density at radius 1 is 0.474 bits per heavy atom. The number of fused-ring (bicyclic) bond motifs is 9. The fourth-order valence-electron chi connectivity index (χ4n) is 13.7. The van der Waals surface area contributed by atoms with Crippen molar-refractivity contribution in [1.29, 1.82) is 0 Å². The van der Waals surface area contributed by atoms with E-state index in [-0.39, 0.29) is 33.9 Å². The number of benzene rings is 8. The van der Waals surface area contributed by atoms with Crippen LogP contribution < -0.4 is 35.3 Å². The minimum Gasteiger partial charge on any atom is -0.334 e. The SMILES string of the molecule is CC(C)(C)c1ccc(N2c3cc(N(c4ccccc4)c4ccccc4)ccc3B3c4sc5ccc(C(C)(C)C)cc5c4N(c4ccc(C(C)(C)C)cc4)c4cc(N5c6ccccc6C6(C)CCCCC56C)cc2c43)cc1. The van der Waals surface area contributed by atoms with Crippen molar-refractivity contribution >= 4 is 106 Å². The van der Waals surface area contributed by atoms with Crippen LogP contribution >= 0.6 is 11.3 Å². The summed E-state index contributed by atoms with van der Waals surface area (Å²) in [5.41, 5.74) is 21.3. The predicted octanol–water partition coefficient (Wildman–Crippen LogP) is 18.1. The maximum atomic E-state index is 2.80. The second-order valence-corrected chi connectivity index (χ2v) is 26.9. The molecule has 3 aliphatic heterocycles. The standard InChI is InChI=1S/C70H71BN4S/c1-66(2,3)46-28-33-51(34-29-46)73-59-43-53(72(49-22-14-12-15-23-49)50-24-16-13-17-25-50)37-38-57(59)71-63-60(73)44-54(75-58-27-19-18-26-56(58)69(10)40-20-21-41-70(69,75)11)45-61(63)74(52-35-30-47(31-36-52)67(4,5)6)64-55-42-48(68(7,8)9)32-39-62(55)76-65(64)71/h12-19,22-39,42-45H,20-21,40-41H2,1-11H3. The molecule has 2 unspecified atom stereocenters. The van der Waals surface area contributed by atoms with E-state index in [4.69, 9.17) is 0 Å². The van der Waals surface area contributed by atoms with Gasteiger partial charge in [-0.05, 0) is 160 Å². The minimum absolute atomic E-state index is 0.000256. The van der Waals surface area contributed by atoms with Gasteiger partial charge in [0.15, 0.2) is 0 Å². The van der Waals surface area contributed by atoms with E-state index in [1.807, 2.05) is 11.3 Å². The number of rotatable bonds is 6. The fourth-order valence-corrected chi connectivity index (χ4v) is 15.0. The molecule has 1 saturated carbocycles. The highest BCUT2D eigenvalue weighted by molar-refractivity contribution is 7.33. The van der Waals surface area contributed by atoms with Crippen LogP contribution in [0.3, 0.4) is 0 Å². The molecule has 1 aliphatic carbocycles. The summed E-state index contributed by atoms with van der Waals surface area (Å²) in [4.78, 5) is 10.5. The van der Waals surface area contributed by atoms with Crippen LogP contribution in [0.25, 0.3) is 10.1 Å². The lowest BCUT2D eigenvalue weighted by Gasteiger charge is -2.51. The van der Waals surface area contributed by atoms with Gasteiger partial charge in [-0.15, -0.1) is 11.3 Å². The predicted molar refractivity (Wildman–Crippen MR) is 329 cm³/mol. The number of anilines is 11. The van der Waals surface area contributed by atoms with Crippen LogP contribution in [0.1, 0.15) is 124 Å². The number of hydrogen-bond donors (Lipinski definition) is 0. The van der Waals surface area contributed by atoms with Crippen molar-refractivity contribution in [3.8, 4) is 0 Å². The van der Waals surface area contributed by atoms with Gasteiger partial charge >= 0.3 is 0 Å². The Morgan fingerprint density at radius 3 is 1.62 bits per heavy atom. The average Bonchev–Trinajstić information content (AvgIpc) is 3.94. The van der Waals surface area contributed by atoms with Gasteiger partial charge in [0.25, 0.3) is 6.71 Å². The monoisotopic (exact) mass is 1010 g/mol. The van der Waals surface area contributed by atoms with Crippen LogP contribution in [0.15, 0.2) is 182 Å². The largest absolute Gasteiger partial charge is 0.334 e. The molecule has 4 nitrogen and oxygen atoms in total. The Labute approximate surface area is 456 Å². The van der Waals surface area contributed by atoms with Gasteiger partial charge in [-0.25, -0.2) is 0 Å². The van der Waals surface area contributed by atoms with Crippen molar-refractivity contribution in [2.45, 2.75) is 129 Å². The van der Waals surface area contributed by atoms with Gasteiger partial charge in [0, 0.05) is 77.2 Å². The lowest BCUT2D eigenvalue weighted by molar-refractivity contribution is 0.195. The van der Waals surface area contributed by atoms with Crippen LogP contribution in [0.4, 0.5) is 62.6 Å². The van der Waals surface area contributed by atoms with Crippen molar-refractivity contribution in [2.75, 3.05) is 19.6 Å². The molecule has 8 aromatic carbocycles. The van der Waals surface area contributed by atoms with Crippen LogP contribution in [0.2, 0.25) is 0 Å². The summed E-state index contributed by atoms with van der Waals surface area (Å²) in [7, 11) is 0. The molecule has 4 heterocycles. The molecule has 0 spiro atoms. The summed E-state index contributed by atoms with van der Waals surface area (Å²) in [6, 6.07) is 70.1. The highest BCUT2D eigenvalue weighted by Gasteiger charge is 2.58. The van der Waals surface area contributed by atoms with E-state index in [2.05, 4.69) is 278 Å². The Kier molecular flexibility index (Phi) is 11.0. The first kappa shape index (κ1) is 48.6. The summed E-state index contributed by atoms with van der Waals surface area (Å²) in [5, 5.41) is 1.32. The lowest BCUT2D eigenvalue weighted by atomic mass is 9.36. The maximum absolute atomic E-state index is 2.80. The molecule has 6 heteroatoms. The molecule has 2 atom stereocenters. The van der Waals surface area contributed by atoms with E-state index < -0.39 is 0 Å². The Balaban J connectivity index is 1.16. The van der Waals surface area contributed by atoms with Crippen molar-refractivity contribution in [3.05, 3.63) is 204 Å². The average molecular weight is 1010 g/mol. The van der Waals surface area contributed by atoms with E-state index >= 15 is 0 Å². The lowest BCUT2D eigenvalue weighted by Crippen LogP contribution is -2.60. The highest BCUT2D eigenvalue weighted by Crippen LogP contribution is 2.62. The quantitative estimate of drug-likeness (QED) is 0.154. The Hall–Kier alpha value is -7.02. The van der Waals surface area contributed by atoms with Gasteiger partial charge in [-0.3, -0.25) is 0 Å². The van der Waals surface area contributed by atoms with Gasteiger partial charge in [-0.2, -0.15) is 0 Å². The first-order valence-corrected chi connectivity index (χ1v) is 28.7. The summed E-state index contributed by atoms with van der Waals surface area (Å²) >= 11 is 1.99.